The van der Waals surface area contributed by atoms with E-state index in [1.807, 2.05) is 33.8 Å². The lowest BCUT2D eigenvalue weighted by molar-refractivity contribution is -0.142. The molecule has 2 N–H and O–H groups in total. The molecule has 0 saturated heterocycles. The molecule has 23 heavy (non-hydrogen) atoms. The molecule has 0 aliphatic rings. The third-order valence-corrected chi connectivity index (χ3v) is 4.54. The van der Waals surface area contributed by atoms with Gasteiger partial charge < -0.3 is 10.4 Å². The molecule has 1 rings (SSSR count). The fourth-order valence-electron chi connectivity index (χ4n) is 2.44. The third-order valence-electron chi connectivity index (χ3n) is 3.57. The van der Waals surface area contributed by atoms with Gasteiger partial charge in [0.25, 0.3) is 0 Å². The molecule has 0 radical (unpaired) electrons. The molecule has 1 atom stereocenters. The maximum atomic E-state index is 12.1. The van der Waals surface area contributed by atoms with Gasteiger partial charge in [-0.25, -0.2) is 0 Å². The number of hydrogen-bond donors (Lipinski definition) is 2. The number of carboxylic acids is 1. The summed E-state index contributed by atoms with van der Waals surface area (Å²) in [5, 5.41) is 11.8. The van der Waals surface area contributed by atoms with Crippen molar-refractivity contribution in [1.82, 2.24) is 5.32 Å². The van der Waals surface area contributed by atoms with E-state index in [-0.39, 0.29) is 37.0 Å². The monoisotopic (exact) mass is 339 g/mol. The molecular weight excluding hydrogens is 314 g/mol. The third kappa shape index (κ3) is 6.52. The summed E-state index contributed by atoms with van der Waals surface area (Å²) in [5.41, 5.74) is 0.684. The highest BCUT2D eigenvalue weighted by atomic mass is 32.1. The molecular formula is C17H25NO4S. The smallest absolute Gasteiger partial charge is 0.308 e. The fraction of sp³-hybridized carbons (Fsp3) is 0.588. The van der Waals surface area contributed by atoms with E-state index < -0.39 is 11.9 Å². The Balaban J connectivity index is 2.43. The summed E-state index contributed by atoms with van der Waals surface area (Å²) in [7, 11) is 0. The van der Waals surface area contributed by atoms with Crippen LogP contribution in [-0.2, 0) is 9.59 Å². The summed E-state index contributed by atoms with van der Waals surface area (Å²) in [6.07, 6.45) is 0.744. The maximum Gasteiger partial charge on any atom is 0.308 e. The first-order chi connectivity index (χ1) is 10.7. The normalized spacial score (nSPS) is 12.2. The minimum Gasteiger partial charge on any atom is -0.481 e. The molecule has 0 aliphatic heterocycles. The second kappa shape index (κ2) is 8.82. The van der Waals surface area contributed by atoms with Crippen molar-refractivity contribution in [2.24, 2.45) is 11.8 Å². The van der Waals surface area contributed by atoms with Gasteiger partial charge in [0, 0.05) is 34.7 Å². The molecule has 1 unspecified atom stereocenters. The predicted octanol–water partition coefficient (Wildman–Crippen LogP) is 3.19. The van der Waals surface area contributed by atoms with E-state index in [1.165, 1.54) is 0 Å². The summed E-state index contributed by atoms with van der Waals surface area (Å²) in [4.78, 5) is 37.1. The Hall–Kier alpha value is -1.69. The molecule has 1 aromatic heterocycles. The van der Waals surface area contributed by atoms with Crippen molar-refractivity contribution in [1.29, 1.82) is 0 Å². The highest BCUT2D eigenvalue weighted by Gasteiger charge is 2.20. The first-order valence-corrected chi connectivity index (χ1v) is 8.62. The molecule has 128 valence electrons. The minimum atomic E-state index is -0.903. The van der Waals surface area contributed by atoms with Crippen LogP contribution in [0.25, 0.3) is 0 Å². The summed E-state index contributed by atoms with van der Waals surface area (Å²) < 4.78 is 0. The second-order valence-corrected chi connectivity index (χ2v) is 7.68. The fourth-order valence-corrected chi connectivity index (χ4v) is 3.38. The summed E-state index contributed by atoms with van der Waals surface area (Å²) in [5.74, 6) is -1.56. The number of ketones is 1. The van der Waals surface area contributed by atoms with Gasteiger partial charge in [0.15, 0.2) is 5.78 Å². The van der Waals surface area contributed by atoms with Crippen molar-refractivity contribution < 1.29 is 19.5 Å². The average Bonchev–Trinajstić information content (AvgIpc) is 2.79. The zero-order chi connectivity index (χ0) is 17.6. The van der Waals surface area contributed by atoms with Crippen LogP contribution >= 0.6 is 11.3 Å². The van der Waals surface area contributed by atoms with Gasteiger partial charge in [0.2, 0.25) is 5.91 Å². The molecule has 0 spiro atoms. The van der Waals surface area contributed by atoms with Crippen molar-refractivity contribution in [3.8, 4) is 0 Å². The van der Waals surface area contributed by atoms with E-state index >= 15 is 0 Å². The van der Waals surface area contributed by atoms with Crippen LogP contribution in [0.1, 0.15) is 53.2 Å². The van der Waals surface area contributed by atoms with Crippen molar-refractivity contribution in [2.75, 3.05) is 6.54 Å². The molecule has 0 aliphatic carbocycles. The lowest BCUT2D eigenvalue weighted by atomic mass is 9.97. The Morgan fingerprint density at radius 2 is 1.87 bits per heavy atom. The van der Waals surface area contributed by atoms with E-state index in [1.54, 1.807) is 11.3 Å². The largest absolute Gasteiger partial charge is 0.481 e. The molecule has 0 aromatic carbocycles. The van der Waals surface area contributed by atoms with Crippen molar-refractivity contribution in [3.63, 3.8) is 0 Å². The van der Waals surface area contributed by atoms with Crippen LogP contribution in [0.15, 0.2) is 6.07 Å². The first kappa shape index (κ1) is 19.4. The van der Waals surface area contributed by atoms with E-state index in [4.69, 9.17) is 5.11 Å². The van der Waals surface area contributed by atoms with Crippen LogP contribution in [-0.4, -0.2) is 29.3 Å². The van der Waals surface area contributed by atoms with Crippen LogP contribution in [0.5, 0.6) is 0 Å². The quantitative estimate of drug-likeness (QED) is 0.677. The summed E-state index contributed by atoms with van der Waals surface area (Å²) >= 11 is 1.57. The topological polar surface area (TPSA) is 83.5 Å². The van der Waals surface area contributed by atoms with Gasteiger partial charge in [-0.3, -0.25) is 14.4 Å². The van der Waals surface area contributed by atoms with Gasteiger partial charge in [0.1, 0.15) is 0 Å². The van der Waals surface area contributed by atoms with Crippen LogP contribution in [0.3, 0.4) is 0 Å². The zero-order valence-electron chi connectivity index (χ0n) is 14.1. The number of hydrogen-bond acceptors (Lipinski definition) is 4. The maximum absolute atomic E-state index is 12.1. The highest BCUT2D eigenvalue weighted by molar-refractivity contribution is 7.12. The Kier molecular flexibility index (Phi) is 7.42. The van der Waals surface area contributed by atoms with Crippen LogP contribution < -0.4 is 5.32 Å². The predicted molar refractivity (Wildman–Crippen MR) is 90.9 cm³/mol. The van der Waals surface area contributed by atoms with E-state index in [0.29, 0.717) is 12.0 Å². The van der Waals surface area contributed by atoms with Crippen molar-refractivity contribution >= 4 is 29.0 Å². The molecule has 1 aromatic rings. The Labute approximate surface area is 141 Å². The van der Waals surface area contributed by atoms with Crippen molar-refractivity contribution in [3.05, 3.63) is 21.4 Å². The molecule has 5 nitrogen and oxygen atoms in total. The Bertz CT molecular complexity index is 577. The van der Waals surface area contributed by atoms with Crippen LogP contribution in [0, 0.1) is 25.7 Å². The van der Waals surface area contributed by atoms with E-state index in [9.17, 15) is 14.4 Å². The summed E-state index contributed by atoms with van der Waals surface area (Å²) in [6.45, 7) is 7.84. The number of carboxylic acid groups (broad SMARTS) is 1. The number of amides is 1. The number of rotatable bonds is 9. The second-order valence-electron chi connectivity index (χ2n) is 6.22. The Morgan fingerprint density at radius 3 is 2.35 bits per heavy atom. The first-order valence-electron chi connectivity index (χ1n) is 7.80. The molecule has 0 bridgehead atoms. The van der Waals surface area contributed by atoms with E-state index in [0.717, 1.165) is 9.75 Å². The lowest BCUT2D eigenvalue weighted by Crippen LogP contribution is -2.33. The number of thiophene rings is 1. The van der Waals surface area contributed by atoms with Gasteiger partial charge >= 0.3 is 5.97 Å². The number of carbonyl (C=O) groups excluding carboxylic acids is 2. The van der Waals surface area contributed by atoms with Gasteiger partial charge in [-0.15, -0.1) is 11.3 Å². The van der Waals surface area contributed by atoms with Gasteiger partial charge in [-0.05, 0) is 32.3 Å². The number of Topliss-reactive ketones (excluding diaryl/α,β-unsaturated/α-hetero) is 1. The summed E-state index contributed by atoms with van der Waals surface area (Å²) in [6, 6.07) is 1.85. The molecule has 1 heterocycles. The number of aliphatic carboxylic acids is 1. The van der Waals surface area contributed by atoms with Gasteiger partial charge in [-0.2, -0.15) is 0 Å². The average molecular weight is 339 g/mol. The number of nitrogens with one attached hydrogen (secondary N) is 1. The SMILES string of the molecule is Cc1cc(C(=O)CCC(=O)NCC(CC(C)C)C(=O)O)c(C)s1. The zero-order valence-corrected chi connectivity index (χ0v) is 15.0. The number of aryl methyl sites for hydroxylation is 2. The standard InChI is InChI=1S/C17H25NO4S/c1-10(2)7-13(17(21)22)9-18-16(20)6-5-15(19)14-8-11(3)23-12(14)4/h8,10,13H,5-7,9H2,1-4H3,(H,18,20)(H,21,22). The van der Waals surface area contributed by atoms with Gasteiger partial charge in [0.05, 0.1) is 5.92 Å². The highest BCUT2D eigenvalue weighted by Crippen LogP contribution is 2.22. The minimum absolute atomic E-state index is 0.0426. The van der Waals surface area contributed by atoms with Gasteiger partial charge in [-0.1, -0.05) is 13.8 Å². The molecule has 6 heteroatoms. The number of carbonyl (C=O) groups is 3. The van der Waals surface area contributed by atoms with Crippen LogP contribution in [0.2, 0.25) is 0 Å². The van der Waals surface area contributed by atoms with E-state index in [2.05, 4.69) is 5.32 Å². The van der Waals surface area contributed by atoms with Crippen LogP contribution in [0.4, 0.5) is 0 Å². The van der Waals surface area contributed by atoms with Crippen molar-refractivity contribution in [2.45, 2.75) is 47.0 Å². The molecule has 0 fully saturated rings. The molecule has 0 saturated carbocycles. The lowest BCUT2D eigenvalue weighted by Gasteiger charge is -2.15. The Morgan fingerprint density at radius 1 is 1.22 bits per heavy atom. The molecule has 1 amide bonds.